The molecule has 0 spiro atoms. The van der Waals surface area contributed by atoms with Crippen molar-refractivity contribution in [3.8, 4) is 11.4 Å². The molecule has 11 nitrogen and oxygen atoms in total. The summed E-state index contributed by atoms with van der Waals surface area (Å²) in [4.78, 5) is 22.3. The highest BCUT2D eigenvalue weighted by molar-refractivity contribution is 5.93. The molecule has 0 bridgehead atoms. The van der Waals surface area contributed by atoms with Crippen molar-refractivity contribution in [2.75, 3.05) is 32.2 Å². The van der Waals surface area contributed by atoms with Crippen LogP contribution in [0.4, 0.5) is 5.69 Å². The van der Waals surface area contributed by atoms with Crippen molar-refractivity contribution in [1.29, 1.82) is 0 Å². The maximum Gasteiger partial charge on any atom is 0.254 e. The minimum absolute atomic E-state index is 0.189. The fourth-order valence-corrected chi connectivity index (χ4v) is 4.00. The molecule has 4 atom stereocenters. The number of hydrogen-bond acceptors (Lipinski definition) is 9. The van der Waals surface area contributed by atoms with E-state index in [0.29, 0.717) is 24.6 Å². The van der Waals surface area contributed by atoms with Crippen LogP contribution < -0.4 is 10.2 Å². The Morgan fingerprint density at radius 2 is 1.84 bits per heavy atom. The molecule has 3 aromatic rings. The van der Waals surface area contributed by atoms with Gasteiger partial charge >= 0.3 is 0 Å². The molecule has 4 unspecified atom stereocenters. The molecule has 4 heterocycles. The average molecular weight is 422 g/mol. The number of hydrogen-bond donors (Lipinski definition) is 1. The van der Waals surface area contributed by atoms with E-state index in [0.717, 1.165) is 11.3 Å². The molecule has 160 valence electrons. The summed E-state index contributed by atoms with van der Waals surface area (Å²) in [5.74, 6) is 0.392. The quantitative estimate of drug-likeness (QED) is 0.620. The second-order valence-corrected chi connectivity index (χ2v) is 7.76. The van der Waals surface area contributed by atoms with Gasteiger partial charge in [0.05, 0.1) is 24.8 Å². The van der Waals surface area contributed by atoms with Crippen LogP contribution >= 0.6 is 0 Å². The van der Waals surface area contributed by atoms with Gasteiger partial charge in [-0.15, -0.1) is 5.10 Å². The third-order valence-electron chi connectivity index (χ3n) is 5.62. The van der Waals surface area contributed by atoms with E-state index in [1.807, 2.05) is 43.3 Å². The largest absolute Gasteiger partial charge is 0.378 e. The molecule has 11 heteroatoms. The Labute approximate surface area is 178 Å². The molecule has 2 aliphatic rings. The molecule has 2 saturated heterocycles. The van der Waals surface area contributed by atoms with Gasteiger partial charge in [-0.2, -0.15) is 0 Å². The molecule has 5 rings (SSSR count). The number of carbonyl (C=O) groups is 1. The fourth-order valence-electron chi connectivity index (χ4n) is 4.00. The number of amides is 1. The van der Waals surface area contributed by atoms with Gasteiger partial charge in [0.2, 0.25) is 0 Å². The summed E-state index contributed by atoms with van der Waals surface area (Å²) >= 11 is 0. The van der Waals surface area contributed by atoms with Crippen molar-refractivity contribution < 1.29 is 14.3 Å². The third kappa shape index (κ3) is 3.62. The zero-order chi connectivity index (χ0) is 21.4. The van der Waals surface area contributed by atoms with E-state index in [9.17, 15) is 4.79 Å². The second-order valence-electron chi connectivity index (χ2n) is 7.76. The summed E-state index contributed by atoms with van der Waals surface area (Å²) in [5, 5.41) is 15.3. The molecule has 0 saturated carbocycles. The Morgan fingerprint density at radius 1 is 1.10 bits per heavy atom. The average Bonchev–Trinajstić information content (AvgIpc) is 3.52. The van der Waals surface area contributed by atoms with Crippen molar-refractivity contribution in [2.45, 2.75) is 24.3 Å². The first kappa shape index (κ1) is 19.5. The highest BCUT2D eigenvalue weighted by atomic mass is 16.6. The normalized spacial score (nSPS) is 24.7. The highest BCUT2D eigenvalue weighted by Crippen LogP contribution is 2.36. The van der Waals surface area contributed by atoms with Crippen LogP contribution in [0.15, 0.2) is 43.0 Å². The van der Waals surface area contributed by atoms with Crippen molar-refractivity contribution >= 4 is 11.6 Å². The van der Waals surface area contributed by atoms with Crippen LogP contribution in [-0.4, -0.2) is 81.6 Å². The van der Waals surface area contributed by atoms with E-state index < -0.39 is 0 Å². The predicted molar refractivity (Wildman–Crippen MR) is 109 cm³/mol. The summed E-state index contributed by atoms with van der Waals surface area (Å²) in [7, 11) is 3.99. The fraction of sp³-hybridized carbons (Fsp3) is 0.400. The van der Waals surface area contributed by atoms with E-state index in [2.05, 4.69) is 30.8 Å². The Balaban J connectivity index is 1.32. The number of carbonyl (C=O) groups excluding carboxylic acids is 1. The summed E-state index contributed by atoms with van der Waals surface area (Å²) in [6.07, 6.45) is 3.78. The number of nitrogens with zero attached hydrogens (tertiary/aromatic N) is 7. The lowest BCUT2D eigenvalue weighted by Crippen LogP contribution is -2.44. The van der Waals surface area contributed by atoms with Crippen LogP contribution in [0.25, 0.3) is 11.4 Å². The van der Waals surface area contributed by atoms with E-state index in [-0.39, 0.29) is 30.2 Å². The molecule has 1 amide bonds. The number of benzene rings is 1. The predicted octanol–water partition coefficient (Wildman–Crippen LogP) is 0.333. The van der Waals surface area contributed by atoms with Gasteiger partial charge in [-0.1, -0.05) is 0 Å². The van der Waals surface area contributed by atoms with Crippen LogP contribution in [0.2, 0.25) is 0 Å². The van der Waals surface area contributed by atoms with Crippen LogP contribution in [-0.2, 0) is 9.47 Å². The van der Waals surface area contributed by atoms with Gasteiger partial charge in [-0.05, 0) is 34.7 Å². The van der Waals surface area contributed by atoms with E-state index >= 15 is 0 Å². The van der Waals surface area contributed by atoms with Crippen molar-refractivity contribution in [1.82, 2.24) is 35.5 Å². The SMILES string of the molecule is CN(C)c1ccc(-c2nnnn2C2COC3C(NC(=O)c4cncnc4)COC32)cc1. The number of rotatable bonds is 5. The summed E-state index contributed by atoms with van der Waals surface area (Å²) in [6.45, 7) is 0.740. The topological polar surface area (TPSA) is 120 Å². The summed E-state index contributed by atoms with van der Waals surface area (Å²) < 4.78 is 13.8. The Morgan fingerprint density at radius 3 is 2.58 bits per heavy atom. The van der Waals surface area contributed by atoms with Crippen LogP contribution in [0.3, 0.4) is 0 Å². The van der Waals surface area contributed by atoms with E-state index in [1.54, 1.807) is 4.68 Å². The minimum Gasteiger partial charge on any atom is -0.378 e. The maximum atomic E-state index is 12.5. The van der Waals surface area contributed by atoms with Crippen molar-refractivity contribution in [3.63, 3.8) is 0 Å². The van der Waals surface area contributed by atoms with E-state index in [1.165, 1.54) is 18.7 Å². The number of tetrazole rings is 1. The minimum atomic E-state index is -0.285. The highest BCUT2D eigenvalue weighted by Gasteiger charge is 2.50. The number of anilines is 1. The van der Waals surface area contributed by atoms with Crippen molar-refractivity contribution in [2.24, 2.45) is 0 Å². The standard InChI is InChI=1S/C20H22N8O3/c1-27(2)14-5-3-12(4-6-14)19-24-25-26-28(19)16-10-31-17-15(9-30-18(16)17)23-20(29)13-7-21-11-22-8-13/h3-8,11,15-18H,9-10H2,1-2H3,(H,23,29). The molecule has 0 aliphatic carbocycles. The molecule has 1 N–H and O–H groups in total. The zero-order valence-corrected chi connectivity index (χ0v) is 17.1. The molecule has 0 radical (unpaired) electrons. The lowest BCUT2D eigenvalue weighted by Gasteiger charge is -2.18. The molecular formula is C20H22N8O3. The lowest BCUT2D eigenvalue weighted by molar-refractivity contribution is 0.0615. The molecule has 31 heavy (non-hydrogen) atoms. The van der Waals surface area contributed by atoms with Gasteiger partial charge < -0.3 is 19.7 Å². The van der Waals surface area contributed by atoms with Gasteiger partial charge in [0.15, 0.2) is 5.82 Å². The zero-order valence-electron chi connectivity index (χ0n) is 17.1. The van der Waals surface area contributed by atoms with Gasteiger partial charge in [0.1, 0.15) is 24.6 Å². The van der Waals surface area contributed by atoms with Crippen LogP contribution in [0.1, 0.15) is 16.4 Å². The molecular weight excluding hydrogens is 400 g/mol. The summed E-state index contributed by atoms with van der Waals surface area (Å²) in [5.41, 5.74) is 2.39. The molecule has 2 fully saturated rings. The first-order valence-corrected chi connectivity index (χ1v) is 9.96. The lowest BCUT2D eigenvalue weighted by atomic mass is 10.1. The maximum absolute atomic E-state index is 12.5. The Hall–Kier alpha value is -3.44. The molecule has 2 aliphatic heterocycles. The molecule has 1 aromatic carbocycles. The number of nitrogens with one attached hydrogen (secondary N) is 1. The number of aromatic nitrogens is 6. The third-order valence-corrected chi connectivity index (χ3v) is 5.62. The monoisotopic (exact) mass is 422 g/mol. The molecule has 2 aromatic heterocycles. The van der Waals surface area contributed by atoms with Gasteiger partial charge in [0.25, 0.3) is 5.91 Å². The number of ether oxygens (including phenoxy) is 2. The second kappa shape index (κ2) is 8.00. The van der Waals surface area contributed by atoms with Crippen LogP contribution in [0, 0.1) is 0 Å². The smallest absolute Gasteiger partial charge is 0.254 e. The van der Waals surface area contributed by atoms with Gasteiger partial charge in [-0.3, -0.25) is 4.79 Å². The van der Waals surface area contributed by atoms with Crippen molar-refractivity contribution in [3.05, 3.63) is 48.5 Å². The first-order valence-electron chi connectivity index (χ1n) is 9.96. The van der Waals surface area contributed by atoms with Crippen LogP contribution in [0.5, 0.6) is 0 Å². The van der Waals surface area contributed by atoms with E-state index in [4.69, 9.17) is 9.47 Å². The van der Waals surface area contributed by atoms with Gasteiger partial charge in [0, 0.05) is 37.7 Å². The Kier molecular flexibility index (Phi) is 5.04. The Bertz CT molecular complexity index is 1060. The number of fused-ring (bicyclic) bond motifs is 1. The van der Waals surface area contributed by atoms with Gasteiger partial charge in [-0.25, -0.2) is 14.6 Å². The first-order chi connectivity index (χ1) is 15.1. The summed E-state index contributed by atoms with van der Waals surface area (Å²) in [6, 6.07) is 7.56.